The third-order valence-corrected chi connectivity index (χ3v) is 3.90. The van der Waals surface area contributed by atoms with Gasteiger partial charge in [0, 0.05) is 17.5 Å². The number of carbonyl (C=O) groups excluding carboxylic acids is 1. The van der Waals surface area contributed by atoms with Crippen molar-refractivity contribution in [1.82, 2.24) is 5.43 Å². The van der Waals surface area contributed by atoms with Crippen LogP contribution in [0.4, 0.5) is 0 Å². The summed E-state index contributed by atoms with van der Waals surface area (Å²) in [6.45, 7) is 3.64. The number of aliphatic carboxylic acids is 1. The molecule has 0 fully saturated rings. The minimum atomic E-state index is -0.887. The molecule has 0 bridgehead atoms. The van der Waals surface area contributed by atoms with Crippen LogP contribution >= 0.6 is 0 Å². The Bertz CT molecular complexity index is 884. The molecule has 3 rings (SSSR count). The van der Waals surface area contributed by atoms with Crippen LogP contribution in [0.25, 0.3) is 0 Å². The van der Waals surface area contributed by atoms with Gasteiger partial charge in [0.25, 0.3) is 5.91 Å². The quantitative estimate of drug-likeness (QED) is 0.606. The average molecular weight is 358 g/mol. The number of nitrogens with one attached hydrogen (secondary N) is 1. The van der Waals surface area contributed by atoms with E-state index < -0.39 is 5.97 Å². The summed E-state index contributed by atoms with van der Waals surface area (Å²) in [6, 6.07) is 6.63. The number of rotatable bonds is 6. The second-order valence-corrected chi connectivity index (χ2v) is 5.78. The molecule has 1 aromatic carbocycles. The number of furan rings is 1. The number of carboxylic acid groups (broad SMARTS) is 1. The molecule has 1 aromatic heterocycles. The summed E-state index contributed by atoms with van der Waals surface area (Å²) in [5, 5.41) is 12.8. The lowest BCUT2D eigenvalue weighted by Crippen LogP contribution is -2.19. The van der Waals surface area contributed by atoms with Crippen LogP contribution in [-0.2, 0) is 11.2 Å². The van der Waals surface area contributed by atoms with Gasteiger partial charge in [-0.3, -0.25) is 9.59 Å². The highest BCUT2D eigenvalue weighted by atomic mass is 16.7. The molecule has 1 aliphatic heterocycles. The van der Waals surface area contributed by atoms with Crippen molar-refractivity contribution in [2.75, 3.05) is 6.79 Å². The van der Waals surface area contributed by atoms with Crippen molar-refractivity contribution < 1.29 is 28.6 Å². The first-order chi connectivity index (χ1) is 12.4. The van der Waals surface area contributed by atoms with E-state index in [-0.39, 0.29) is 19.1 Å². The van der Waals surface area contributed by atoms with E-state index in [1.807, 2.05) is 0 Å². The normalized spacial score (nSPS) is 12.9. The molecule has 1 aliphatic rings. The van der Waals surface area contributed by atoms with Crippen LogP contribution in [0.2, 0.25) is 0 Å². The molecule has 8 nitrogen and oxygen atoms in total. The number of aryl methyl sites for hydroxylation is 2. The lowest BCUT2D eigenvalue weighted by molar-refractivity contribution is -0.137. The molecular weight excluding hydrogens is 340 g/mol. The number of hydrogen-bond acceptors (Lipinski definition) is 6. The summed E-state index contributed by atoms with van der Waals surface area (Å²) in [4.78, 5) is 22.9. The third-order valence-electron chi connectivity index (χ3n) is 3.90. The minimum Gasteiger partial charge on any atom is -0.481 e. The summed E-state index contributed by atoms with van der Waals surface area (Å²) in [5.74, 6) is 1.04. The van der Waals surface area contributed by atoms with Crippen LogP contribution in [-0.4, -0.2) is 29.5 Å². The van der Waals surface area contributed by atoms with Gasteiger partial charge in [-0.25, -0.2) is 5.43 Å². The molecule has 0 atom stereocenters. The Balaban J connectivity index is 1.68. The van der Waals surface area contributed by atoms with Crippen molar-refractivity contribution in [3.8, 4) is 11.5 Å². The number of fused-ring (bicyclic) bond motifs is 1. The van der Waals surface area contributed by atoms with E-state index in [0.29, 0.717) is 40.7 Å². The molecule has 2 N–H and O–H groups in total. The van der Waals surface area contributed by atoms with E-state index in [1.54, 1.807) is 38.1 Å². The van der Waals surface area contributed by atoms with Gasteiger partial charge >= 0.3 is 5.97 Å². The summed E-state index contributed by atoms with van der Waals surface area (Å²) in [5.41, 5.74) is 4.17. The predicted molar refractivity (Wildman–Crippen MR) is 91.6 cm³/mol. The second kappa shape index (κ2) is 7.30. The van der Waals surface area contributed by atoms with E-state index >= 15 is 0 Å². The number of nitrogens with zero attached hydrogens (tertiary/aromatic N) is 1. The maximum atomic E-state index is 12.2. The van der Waals surface area contributed by atoms with E-state index in [2.05, 4.69) is 10.5 Å². The van der Waals surface area contributed by atoms with Crippen LogP contribution in [0.3, 0.4) is 0 Å². The highest BCUT2D eigenvalue weighted by Crippen LogP contribution is 2.32. The molecule has 136 valence electrons. The Labute approximate surface area is 149 Å². The maximum Gasteiger partial charge on any atom is 0.303 e. The smallest absolute Gasteiger partial charge is 0.303 e. The molecule has 26 heavy (non-hydrogen) atoms. The van der Waals surface area contributed by atoms with Gasteiger partial charge in [-0.05, 0) is 38.1 Å². The molecule has 1 amide bonds. The lowest BCUT2D eigenvalue weighted by atomic mass is 10.1. The van der Waals surface area contributed by atoms with Crippen LogP contribution in [0, 0.1) is 6.92 Å². The highest BCUT2D eigenvalue weighted by Gasteiger charge is 2.16. The second-order valence-electron chi connectivity index (χ2n) is 5.78. The molecule has 0 radical (unpaired) electrons. The summed E-state index contributed by atoms with van der Waals surface area (Å²) in [6.07, 6.45) is 0.288. The SMILES string of the molecule is C/C(=N/NC(=O)c1ccc2c(c1)OCO2)c1cc(CCC(=O)O)oc1C. The number of ether oxygens (including phenoxy) is 2. The fraction of sp³-hybridized carbons (Fsp3) is 0.278. The molecule has 0 spiro atoms. The fourth-order valence-electron chi connectivity index (χ4n) is 2.55. The summed E-state index contributed by atoms with van der Waals surface area (Å²) >= 11 is 0. The molecular formula is C18H18N2O6. The predicted octanol–water partition coefficient (Wildman–Crippen LogP) is 2.49. The molecule has 2 heterocycles. The van der Waals surface area contributed by atoms with Gasteiger partial charge in [0.1, 0.15) is 11.5 Å². The molecule has 0 saturated heterocycles. The van der Waals surface area contributed by atoms with E-state index in [0.717, 1.165) is 5.56 Å². The molecule has 0 saturated carbocycles. The Kier molecular flexibility index (Phi) is 4.92. The Hall–Kier alpha value is -3.29. The Morgan fingerprint density at radius 1 is 1.23 bits per heavy atom. The van der Waals surface area contributed by atoms with Crippen LogP contribution in [0.1, 0.15) is 40.8 Å². The van der Waals surface area contributed by atoms with Gasteiger partial charge in [-0.2, -0.15) is 5.10 Å². The first-order valence-electron chi connectivity index (χ1n) is 8.00. The molecule has 8 heteroatoms. The fourth-order valence-corrected chi connectivity index (χ4v) is 2.55. The molecule has 2 aromatic rings. The molecule has 0 aliphatic carbocycles. The maximum absolute atomic E-state index is 12.2. The summed E-state index contributed by atoms with van der Waals surface area (Å²) in [7, 11) is 0. The van der Waals surface area contributed by atoms with Crippen molar-refractivity contribution in [3.05, 3.63) is 46.9 Å². The Morgan fingerprint density at radius 3 is 2.77 bits per heavy atom. The van der Waals surface area contributed by atoms with Gasteiger partial charge in [-0.1, -0.05) is 0 Å². The zero-order chi connectivity index (χ0) is 18.7. The lowest BCUT2D eigenvalue weighted by Gasteiger charge is -2.03. The van der Waals surface area contributed by atoms with Crippen molar-refractivity contribution in [1.29, 1.82) is 0 Å². The van der Waals surface area contributed by atoms with Crippen molar-refractivity contribution >= 4 is 17.6 Å². The number of amides is 1. The molecule has 0 unspecified atom stereocenters. The van der Waals surface area contributed by atoms with Crippen molar-refractivity contribution in [3.63, 3.8) is 0 Å². The standard InChI is InChI=1S/C18H18N2O6/c1-10(14-8-13(26-11(14)2)4-6-17(21)22)19-20-18(23)12-3-5-15-16(7-12)25-9-24-15/h3,5,7-8H,4,6,9H2,1-2H3,(H,20,23)(H,21,22)/b19-10-. The number of carboxylic acids is 1. The Morgan fingerprint density at radius 2 is 2.00 bits per heavy atom. The average Bonchev–Trinajstić information content (AvgIpc) is 3.23. The number of hydrogen-bond donors (Lipinski definition) is 2. The van der Waals surface area contributed by atoms with Crippen LogP contribution < -0.4 is 14.9 Å². The zero-order valence-corrected chi connectivity index (χ0v) is 14.4. The van der Waals surface area contributed by atoms with Gasteiger partial charge in [0.15, 0.2) is 11.5 Å². The van der Waals surface area contributed by atoms with Crippen LogP contribution in [0.15, 0.2) is 33.8 Å². The van der Waals surface area contributed by atoms with Crippen molar-refractivity contribution in [2.24, 2.45) is 5.10 Å². The zero-order valence-electron chi connectivity index (χ0n) is 14.4. The monoisotopic (exact) mass is 358 g/mol. The largest absolute Gasteiger partial charge is 0.481 e. The van der Waals surface area contributed by atoms with E-state index in [9.17, 15) is 9.59 Å². The van der Waals surface area contributed by atoms with Gasteiger partial charge in [0.2, 0.25) is 6.79 Å². The van der Waals surface area contributed by atoms with Crippen LogP contribution in [0.5, 0.6) is 11.5 Å². The van der Waals surface area contributed by atoms with Gasteiger partial charge < -0.3 is 19.0 Å². The van der Waals surface area contributed by atoms with Gasteiger partial charge in [0.05, 0.1) is 12.1 Å². The summed E-state index contributed by atoms with van der Waals surface area (Å²) < 4.78 is 16.0. The van der Waals surface area contributed by atoms with E-state index in [4.69, 9.17) is 19.0 Å². The van der Waals surface area contributed by atoms with Gasteiger partial charge in [-0.15, -0.1) is 0 Å². The topological polar surface area (TPSA) is 110 Å². The van der Waals surface area contributed by atoms with Crippen molar-refractivity contribution in [2.45, 2.75) is 26.7 Å². The minimum absolute atomic E-state index is 0.0105. The first kappa shape index (κ1) is 17.5. The highest BCUT2D eigenvalue weighted by molar-refractivity contribution is 6.01. The number of hydrazone groups is 1. The third kappa shape index (κ3) is 3.85. The number of carbonyl (C=O) groups is 2. The number of benzene rings is 1. The van der Waals surface area contributed by atoms with E-state index in [1.165, 1.54) is 0 Å². The first-order valence-corrected chi connectivity index (χ1v) is 8.00.